The summed E-state index contributed by atoms with van der Waals surface area (Å²) in [6.07, 6.45) is 0. The van der Waals surface area contributed by atoms with Crippen LogP contribution in [0.3, 0.4) is 0 Å². The van der Waals surface area contributed by atoms with Gasteiger partial charge in [-0.1, -0.05) is 18.2 Å². The molecule has 0 saturated carbocycles. The van der Waals surface area contributed by atoms with Gasteiger partial charge in [-0.25, -0.2) is 0 Å². The fourth-order valence-corrected chi connectivity index (χ4v) is 0.814. The van der Waals surface area contributed by atoms with Crippen LogP contribution in [0.4, 0.5) is 0 Å². The number of hydrogen-bond acceptors (Lipinski definition) is 3. The van der Waals surface area contributed by atoms with E-state index in [0.29, 0.717) is 5.56 Å². The quantitative estimate of drug-likeness (QED) is 0.186. The summed E-state index contributed by atoms with van der Waals surface area (Å²) < 4.78 is 0. The number of hydrogen-bond donors (Lipinski definition) is 1. The number of nitriles is 1. The molecule has 1 N–H and O–H groups in total. The second-order valence-corrected chi connectivity index (χ2v) is 2.10. The molecule has 1 aromatic carbocycles. The van der Waals surface area contributed by atoms with Gasteiger partial charge in [-0.2, -0.15) is 5.26 Å². The van der Waals surface area contributed by atoms with E-state index >= 15 is 0 Å². The van der Waals surface area contributed by atoms with Crippen LogP contribution in [0.5, 0.6) is 0 Å². The van der Waals surface area contributed by atoms with E-state index in [9.17, 15) is 5.21 Å². The smallest absolute Gasteiger partial charge is 0.416 e. The van der Waals surface area contributed by atoms with Gasteiger partial charge in [0.05, 0.1) is 10.5 Å². The first-order valence-corrected chi connectivity index (χ1v) is 3.24. The summed E-state index contributed by atoms with van der Waals surface area (Å²) in [7, 11) is 0. The first kappa shape index (κ1) is 12.6. The maximum atomic E-state index is 10.4. The molecule has 0 heterocycles. The summed E-state index contributed by atoms with van der Waals surface area (Å²) in [6, 6.07) is 9.84. The molecule has 1 rings (SSSR count). The monoisotopic (exact) mass is 201 g/mol. The molecule has 1 aromatic rings. The molecule has 0 atom stereocenters. The summed E-state index contributed by atoms with van der Waals surface area (Å²) in [5, 5.41) is 27.3. The third-order valence-electron chi connectivity index (χ3n) is 1.34. The van der Waals surface area contributed by atoms with E-state index in [1.165, 1.54) is 0 Å². The summed E-state index contributed by atoms with van der Waals surface area (Å²) in [4.78, 5) is -0.435. The fourth-order valence-electron chi connectivity index (χ4n) is 0.814. The van der Waals surface area contributed by atoms with Crippen molar-refractivity contribution in [3.8, 4) is 6.07 Å². The van der Waals surface area contributed by atoms with Gasteiger partial charge in [0.25, 0.3) is 0 Å². The summed E-state index contributed by atoms with van der Waals surface area (Å²) in [5.74, 6) is 0. The molecule has 0 aliphatic rings. The van der Waals surface area contributed by atoms with E-state index in [1.54, 1.807) is 36.4 Å². The van der Waals surface area contributed by atoms with E-state index < -0.39 is 4.90 Å². The van der Waals surface area contributed by atoms with Crippen molar-refractivity contribution in [1.82, 2.24) is 0 Å². The third-order valence-corrected chi connectivity index (χ3v) is 1.34. The van der Waals surface area contributed by atoms with Gasteiger partial charge in [-0.15, -0.1) is 0 Å². The van der Waals surface area contributed by atoms with Crippen LogP contribution in [-0.2, 0) is 0 Å². The molecule has 0 aliphatic carbocycles. The Kier molecular flexibility index (Phi) is 5.95. The maximum absolute atomic E-state index is 10.4. The molecule has 4 nitrogen and oxygen atoms in total. The van der Waals surface area contributed by atoms with Gasteiger partial charge in [0.15, 0.2) is 6.07 Å². The van der Waals surface area contributed by atoms with Crippen molar-refractivity contribution in [2.24, 2.45) is 0 Å². The zero-order chi connectivity index (χ0) is 8.97. The van der Waals surface area contributed by atoms with Gasteiger partial charge in [0, 0.05) is 0 Å². The van der Waals surface area contributed by atoms with Crippen LogP contribution in [0, 0.1) is 16.5 Å². The Morgan fingerprint density at radius 1 is 1.38 bits per heavy atom. The number of rotatable bonds is 1. The van der Waals surface area contributed by atoms with E-state index in [-0.39, 0.29) is 57.1 Å². The molecule has 0 bridgehead atoms. The second kappa shape index (κ2) is 6.13. The molecule has 5 heteroatoms. The van der Waals surface area contributed by atoms with Crippen molar-refractivity contribution in [3.63, 3.8) is 0 Å². The van der Waals surface area contributed by atoms with E-state index in [0.717, 1.165) is 0 Å². The van der Waals surface area contributed by atoms with Gasteiger partial charge in [0.1, 0.15) is 0 Å². The Balaban J connectivity index is 0.00000144. The summed E-state index contributed by atoms with van der Waals surface area (Å²) in [5.41, 5.74) is 0.0908. The van der Waals surface area contributed by atoms with E-state index in [2.05, 4.69) is 0 Å². The van der Waals surface area contributed by atoms with Crippen LogP contribution >= 0.6 is 0 Å². The van der Waals surface area contributed by atoms with Gasteiger partial charge in [-0.05, 0) is 12.1 Å². The molecule has 60 valence electrons. The van der Waals surface area contributed by atoms with Crippen molar-refractivity contribution in [3.05, 3.63) is 41.1 Å². The predicted octanol–water partition coefficient (Wildman–Crippen LogP) is -2.10. The standard InChI is InChI=1S/C8H6N2O2.K/c9-6-8(10(11)12)7-4-2-1-3-5-7;/h1-5H,(H,11,12);/q;+1. The molecule has 0 amide bonds. The Morgan fingerprint density at radius 2 is 1.92 bits per heavy atom. The predicted molar refractivity (Wildman–Crippen MR) is 41.6 cm³/mol. The van der Waals surface area contributed by atoms with Gasteiger partial charge in [-0.3, -0.25) is 5.21 Å². The van der Waals surface area contributed by atoms with E-state index in [1.807, 2.05) is 0 Å². The molecule has 0 unspecified atom stereocenters. The molecular weight excluding hydrogens is 195 g/mol. The largest absolute Gasteiger partial charge is 1.00 e. The Hall–Kier alpha value is -0.384. The molecule has 13 heavy (non-hydrogen) atoms. The Morgan fingerprint density at radius 3 is 2.31 bits per heavy atom. The van der Waals surface area contributed by atoms with Crippen molar-refractivity contribution in [1.29, 1.82) is 5.26 Å². The van der Waals surface area contributed by atoms with Crippen LogP contribution in [0.15, 0.2) is 30.3 Å². The number of nitrogens with zero attached hydrogens (tertiary/aromatic N) is 2. The zero-order valence-electron chi connectivity index (χ0n) is 7.14. The summed E-state index contributed by atoms with van der Waals surface area (Å²) >= 11 is 0. The first-order chi connectivity index (χ1) is 5.75. The topological polar surface area (TPSA) is 70.1 Å². The molecule has 0 aliphatic heterocycles. The fraction of sp³-hybridized carbons (Fsp3) is 0. The molecule has 0 aromatic heterocycles. The van der Waals surface area contributed by atoms with Crippen molar-refractivity contribution in [2.75, 3.05) is 0 Å². The van der Waals surface area contributed by atoms with Crippen LogP contribution in [0.1, 0.15) is 5.56 Å². The molecule has 0 radical (unpaired) electrons. The van der Waals surface area contributed by atoms with Crippen molar-refractivity contribution >= 4 is 5.71 Å². The van der Waals surface area contributed by atoms with Crippen LogP contribution in [0.2, 0.25) is 0 Å². The van der Waals surface area contributed by atoms with E-state index in [4.69, 9.17) is 10.5 Å². The minimum absolute atomic E-state index is 0. The zero-order valence-corrected chi connectivity index (χ0v) is 10.3. The van der Waals surface area contributed by atoms with Gasteiger partial charge < -0.3 is 5.21 Å². The Labute approximate surface area is 118 Å². The summed E-state index contributed by atoms with van der Waals surface area (Å²) in [6.45, 7) is 0. The molecule has 0 spiro atoms. The second-order valence-electron chi connectivity index (χ2n) is 2.10. The molecule has 0 fully saturated rings. The normalized spacial score (nSPS) is 10.7. The van der Waals surface area contributed by atoms with Crippen LogP contribution < -0.4 is 51.4 Å². The third kappa shape index (κ3) is 3.46. The minimum Gasteiger partial charge on any atom is -0.416 e. The SMILES string of the molecule is N#C/C(c1ccccc1)=[N+](/[O-])O.[K+]. The van der Waals surface area contributed by atoms with Crippen molar-refractivity contribution in [2.45, 2.75) is 0 Å². The first-order valence-electron chi connectivity index (χ1n) is 3.24. The average Bonchev–Trinajstić information content (AvgIpc) is 2.07. The van der Waals surface area contributed by atoms with Crippen molar-refractivity contribution < 1.29 is 61.5 Å². The molecule has 0 saturated heterocycles. The molecular formula is C8H6KN2O2+. The maximum Gasteiger partial charge on any atom is 1.00 e. The average molecular weight is 201 g/mol. The number of benzene rings is 1. The van der Waals surface area contributed by atoms with Crippen LogP contribution in [0.25, 0.3) is 0 Å². The van der Waals surface area contributed by atoms with Gasteiger partial charge in [0.2, 0.25) is 0 Å². The Bertz CT molecular complexity index is 339. The minimum atomic E-state index is -0.435. The van der Waals surface area contributed by atoms with Gasteiger partial charge >= 0.3 is 57.1 Å². The van der Waals surface area contributed by atoms with Crippen LogP contribution in [-0.4, -0.2) is 15.8 Å².